The van der Waals surface area contributed by atoms with E-state index in [2.05, 4.69) is 20.7 Å². The highest BCUT2D eigenvalue weighted by Gasteiger charge is 2.11. The Balaban J connectivity index is 0.00000225. The number of anilines is 1. The van der Waals surface area contributed by atoms with E-state index in [0.717, 1.165) is 49.1 Å². The molecular formula is C17H24IN5O2. The van der Waals surface area contributed by atoms with Crippen LogP contribution in [-0.2, 0) is 6.54 Å². The monoisotopic (exact) mass is 457 g/mol. The molecule has 0 aliphatic carbocycles. The van der Waals surface area contributed by atoms with Crippen LogP contribution >= 0.6 is 24.0 Å². The summed E-state index contributed by atoms with van der Waals surface area (Å²) in [6, 6.07) is 7.76. The third-order valence-corrected chi connectivity index (χ3v) is 3.65. The zero-order chi connectivity index (χ0) is 16.6. The number of aliphatic imine (C=N–C) groups is 1. The Hall–Kier alpha value is -1.97. The predicted octanol–water partition coefficient (Wildman–Crippen LogP) is 2.74. The smallest absolute Gasteiger partial charge is 0.195 e. The maximum Gasteiger partial charge on any atom is 0.195 e. The van der Waals surface area contributed by atoms with Gasteiger partial charge in [0.15, 0.2) is 17.5 Å². The summed E-state index contributed by atoms with van der Waals surface area (Å²) in [6.45, 7) is 3.06. The highest BCUT2D eigenvalue weighted by molar-refractivity contribution is 14.0. The number of halogens is 1. The van der Waals surface area contributed by atoms with Crippen molar-refractivity contribution in [3.05, 3.63) is 36.7 Å². The number of aryl methyl sites for hydroxylation is 1. The fourth-order valence-electron chi connectivity index (χ4n) is 2.44. The van der Waals surface area contributed by atoms with Crippen molar-refractivity contribution in [1.29, 1.82) is 0 Å². The van der Waals surface area contributed by atoms with Gasteiger partial charge in [-0.15, -0.1) is 24.0 Å². The second-order valence-electron chi connectivity index (χ2n) is 5.46. The summed E-state index contributed by atoms with van der Waals surface area (Å²) >= 11 is 0. The normalized spacial score (nSPS) is 13.6. The van der Waals surface area contributed by atoms with Crippen molar-refractivity contribution < 1.29 is 9.47 Å². The molecule has 0 saturated carbocycles. The van der Waals surface area contributed by atoms with Crippen LogP contribution < -0.4 is 20.1 Å². The molecule has 0 saturated heterocycles. The molecule has 3 rings (SSSR count). The van der Waals surface area contributed by atoms with Gasteiger partial charge in [0.25, 0.3) is 0 Å². The summed E-state index contributed by atoms with van der Waals surface area (Å²) in [5, 5.41) is 10.8. The number of nitrogens with one attached hydrogen (secondary N) is 2. The van der Waals surface area contributed by atoms with Crippen LogP contribution in [0.1, 0.15) is 12.8 Å². The van der Waals surface area contributed by atoms with Crippen LogP contribution in [0.2, 0.25) is 0 Å². The molecule has 1 aliphatic rings. The molecular weight excluding hydrogens is 433 g/mol. The van der Waals surface area contributed by atoms with Crippen LogP contribution in [0.4, 0.5) is 5.69 Å². The third kappa shape index (κ3) is 5.80. The Labute approximate surface area is 164 Å². The van der Waals surface area contributed by atoms with E-state index in [1.165, 1.54) is 0 Å². The maximum atomic E-state index is 5.71. The quantitative estimate of drug-likeness (QED) is 0.313. The molecule has 2 heterocycles. The third-order valence-electron chi connectivity index (χ3n) is 3.65. The standard InChI is InChI=1S/C17H23N5O2.HI/c1-18-17(19-7-2-9-22-10-3-8-20-22)21-14-5-6-15-16(13-14)24-12-4-11-23-15;/h3,5-6,8,10,13H,2,4,7,9,11-12H2,1H3,(H2,18,19,21);1H. The first-order valence-electron chi connectivity index (χ1n) is 8.20. The number of nitrogens with zero attached hydrogens (tertiary/aromatic N) is 3. The van der Waals surface area contributed by atoms with Gasteiger partial charge in [-0.3, -0.25) is 9.67 Å². The fourth-order valence-corrected chi connectivity index (χ4v) is 2.44. The van der Waals surface area contributed by atoms with Crippen molar-refractivity contribution >= 4 is 35.6 Å². The second-order valence-corrected chi connectivity index (χ2v) is 5.46. The molecule has 1 aromatic heterocycles. The van der Waals surface area contributed by atoms with Crippen LogP contribution in [0.15, 0.2) is 41.7 Å². The number of aromatic nitrogens is 2. The van der Waals surface area contributed by atoms with E-state index >= 15 is 0 Å². The lowest BCUT2D eigenvalue weighted by atomic mass is 10.2. The van der Waals surface area contributed by atoms with Crippen LogP contribution in [0.25, 0.3) is 0 Å². The summed E-state index contributed by atoms with van der Waals surface area (Å²) < 4.78 is 13.3. The van der Waals surface area contributed by atoms with Gasteiger partial charge in [0.2, 0.25) is 0 Å². The van der Waals surface area contributed by atoms with Gasteiger partial charge in [0, 0.05) is 50.7 Å². The van der Waals surface area contributed by atoms with Crippen LogP contribution in [-0.4, -0.2) is 42.5 Å². The van der Waals surface area contributed by atoms with Gasteiger partial charge in [0.05, 0.1) is 13.2 Å². The summed E-state index contributed by atoms with van der Waals surface area (Å²) in [6.07, 6.45) is 5.61. The van der Waals surface area contributed by atoms with E-state index in [1.54, 1.807) is 13.2 Å². The SMILES string of the molecule is CN=C(NCCCn1cccn1)Nc1ccc2c(c1)OCCCO2.I. The molecule has 0 radical (unpaired) electrons. The zero-order valence-corrected chi connectivity index (χ0v) is 16.6. The minimum Gasteiger partial charge on any atom is -0.490 e. The minimum absolute atomic E-state index is 0. The number of hydrogen-bond donors (Lipinski definition) is 2. The average Bonchev–Trinajstić information content (AvgIpc) is 3.01. The van der Waals surface area contributed by atoms with E-state index in [9.17, 15) is 0 Å². The zero-order valence-electron chi connectivity index (χ0n) is 14.3. The Kier molecular flexibility index (Phi) is 7.83. The summed E-state index contributed by atoms with van der Waals surface area (Å²) in [5.41, 5.74) is 0.916. The lowest BCUT2D eigenvalue weighted by molar-refractivity contribution is 0.297. The topological polar surface area (TPSA) is 72.7 Å². The molecule has 7 nitrogen and oxygen atoms in total. The van der Waals surface area contributed by atoms with Gasteiger partial charge in [-0.1, -0.05) is 0 Å². The molecule has 2 N–H and O–H groups in total. The largest absolute Gasteiger partial charge is 0.490 e. The number of hydrogen-bond acceptors (Lipinski definition) is 4. The number of guanidine groups is 1. The first-order chi connectivity index (χ1) is 11.8. The average molecular weight is 457 g/mol. The number of benzene rings is 1. The van der Waals surface area contributed by atoms with Crippen LogP contribution in [0.3, 0.4) is 0 Å². The van der Waals surface area contributed by atoms with Crippen LogP contribution in [0.5, 0.6) is 11.5 Å². The van der Waals surface area contributed by atoms with Gasteiger partial charge in [-0.2, -0.15) is 5.10 Å². The molecule has 136 valence electrons. The van der Waals surface area contributed by atoms with Crippen molar-refractivity contribution in [3.8, 4) is 11.5 Å². The first-order valence-corrected chi connectivity index (χ1v) is 8.20. The van der Waals surface area contributed by atoms with E-state index in [0.29, 0.717) is 13.2 Å². The number of ether oxygens (including phenoxy) is 2. The lowest BCUT2D eigenvalue weighted by Gasteiger charge is -2.14. The maximum absolute atomic E-state index is 5.71. The van der Waals surface area contributed by atoms with Crippen molar-refractivity contribution in [1.82, 2.24) is 15.1 Å². The molecule has 0 amide bonds. The Morgan fingerprint density at radius 2 is 2.12 bits per heavy atom. The fraction of sp³-hybridized carbons (Fsp3) is 0.412. The molecule has 2 aromatic rings. The van der Waals surface area contributed by atoms with Gasteiger partial charge in [0.1, 0.15) is 0 Å². The summed E-state index contributed by atoms with van der Waals surface area (Å²) in [5.74, 6) is 2.29. The Morgan fingerprint density at radius 1 is 1.28 bits per heavy atom. The molecule has 0 bridgehead atoms. The molecule has 8 heteroatoms. The van der Waals surface area contributed by atoms with Crippen LogP contribution in [0, 0.1) is 0 Å². The molecule has 0 fully saturated rings. The molecule has 0 spiro atoms. The highest BCUT2D eigenvalue weighted by atomic mass is 127. The van der Waals surface area contributed by atoms with E-state index < -0.39 is 0 Å². The van der Waals surface area contributed by atoms with E-state index in [4.69, 9.17) is 9.47 Å². The minimum atomic E-state index is 0. The Morgan fingerprint density at radius 3 is 2.88 bits per heavy atom. The van der Waals surface area contributed by atoms with Crippen molar-refractivity contribution in [2.24, 2.45) is 4.99 Å². The van der Waals surface area contributed by atoms with Gasteiger partial charge >= 0.3 is 0 Å². The van der Waals surface area contributed by atoms with E-state index in [1.807, 2.05) is 35.1 Å². The van der Waals surface area contributed by atoms with Crippen molar-refractivity contribution in [2.75, 3.05) is 32.1 Å². The van der Waals surface area contributed by atoms with Crippen molar-refractivity contribution in [3.63, 3.8) is 0 Å². The van der Waals surface area contributed by atoms with Gasteiger partial charge < -0.3 is 20.1 Å². The molecule has 0 atom stereocenters. The first kappa shape index (κ1) is 19.4. The molecule has 25 heavy (non-hydrogen) atoms. The summed E-state index contributed by atoms with van der Waals surface area (Å²) in [7, 11) is 1.76. The highest BCUT2D eigenvalue weighted by Crippen LogP contribution is 2.32. The number of fused-ring (bicyclic) bond motifs is 1. The predicted molar refractivity (Wildman–Crippen MR) is 109 cm³/mol. The molecule has 1 aliphatic heterocycles. The lowest BCUT2D eigenvalue weighted by Crippen LogP contribution is -2.31. The van der Waals surface area contributed by atoms with Gasteiger partial charge in [-0.05, 0) is 24.6 Å². The number of rotatable bonds is 5. The second kappa shape index (κ2) is 10.1. The van der Waals surface area contributed by atoms with Crippen molar-refractivity contribution in [2.45, 2.75) is 19.4 Å². The van der Waals surface area contributed by atoms with Gasteiger partial charge in [-0.25, -0.2) is 0 Å². The Bertz CT molecular complexity index is 676. The summed E-state index contributed by atoms with van der Waals surface area (Å²) in [4.78, 5) is 4.25. The van der Waals surface area contributed by atoms with E-state index in [-0.39, 0.29) is 24.0 Å². The molecule has 0 unspecified atom stereocenters. The molecule has 1 aromatic carbocycles.